The molecular formula is C29H78O12Si13. The lowest BCUT2D eigenvalue weighted by Crippen LogP contribution is -2.59. The first-order valence-corrected chi connectivity index (χ1v) is 51.2. The van der Waals surface area contributed by atoms with Crippen molar-refractivity contribution >= 4 is 116 Å². The Balaban J connectivity index is 1.76. The van der Waals surface area contributed by atoms with Gasteiger partial charge in [0.1, 0.15) is 0 Å². The van der Waals surface area contributed by atoms with Crippen molar-refractivity contribution in [3.63, 3.8) is 0 Å². The molecule has 3 fully saturated rings. The standard InChI is InChI=1S/C29H78O12Si13/c1-27-24-42(4)33-45(7)36-48(31-27)18-20-50(10,11)39-52(14,15)41-54(17,23-22-53(16)26-29(3)30-44(6)35-47(9)38-53)40-51(12,13)21-19-49-32-28(2)25-43(5)34-46(8)37-49/h27-29,42-47H,18-26H2,1-17H3. The van der Waals surface area contributed by atoms with Gasteiger partial charge in [0, 0.05) is 18.3 Å². The van der Waals surface area contributed by atoms with Gasteiger partial charge >= 0.3 is 45.0 Å². The maximum absolute atomic E-state index is 7.47. The van der Waals surface area contributed by atoms with Crippen LogP contribution in [-0.2, 0) is 50.3 Å². The molecule has 0 aliphatic carbocycles. The highest BCUT2D eigenvalue weighted by Gasteiger charge is 2.49. The quantitative estimate of drug-likeness (QED) is 0.174. The Labute approximate surface area is 349 Å². The number of hydrogen-bond donors (Lipinski definition) is 0. The van der Waals surface area contributed by atoms with E-state index in [1.54, 1.807) is 0 Å². The minimum Gasteiger partial charge on any atom is -0.441 e. The lowest BCUT2D eigenvalue weighted by molar-refractivity contribution is 0.184. The summed E-state index contributed by atoms with van der Waals surface area (Å²) >= 11 is 0. The topological polar surface area (TPSA) is 111 Å². The summed E-state index contributed by atoms with van der Waals surface area (Å²) in [6, 6.07) is 8.64. The normalized spacial score (nSPS) is 36.3. The Kier molecular flexibility index (Phi) is 20.6. The van der Waals surface area contributed by atoms with Gasteiger partial charge in [0.2, 0.25) is 0 Å². The molecule has 3 saturated heterocycles. The maximum atomic E-state index is 7.47. The highest BCUT2D eigenvalue weighted by atomic mass is 28.5. The van der Waals surface area contributed by atoms with E-state index >= 15 is 0 Å². The molecule has 3 aliphatic rings. The van der Waals surface area contributed by atoms with E-state index < -0.39 is 116 Å². The minimum atomic E-state index is -2.78. The molecule has 0 bridgehead atoms. The first kappa shape index (κ1) is 50.7. The summed E-state index contributed by atoms with van der Waals surface area (Å²) in [5, 5.41) is 0. The molecule has 318 valence electrons. The van der Waals surface area contributed by atoms with Crippen molar-refractivity contribution in [3.8, 4) is 0 Å². The zero-order valence-corrected chi connectivity index (χ0v) is 50.9. The molecule has 0 aromatic heterocycles. The smallest absolute Gasteiger partial charge is 0.374 e. The van der Waals surface area contributed by atoms with Crippen molar-refractivity contribution in [2.24, 2.45) is 0 Å². The lowest BCUT2D eigenvalue weighted by Gasteiger charge is -2.44. The molecule has 2 radical (unpaired) electrons. The summed E-state index contributed by atoms with van der Waals surface area (Å²) in [4.78, 5) is 0. The number of hydrogen-bond acceptors (Lipinski definition) is 12. The molecule has 3 aliphatic heterocycles. The van der Waals surface area contributed by atoms with Crippen molar-refractivity contribution < 1.29 is 50.3 Å². The Morgan fingerprint density at radius 1 is 0.611 bits per heavy atom. The van der Waals surface area contributed by atoms with E-state index in [9.17, 15) is 0 Å². The van der Waals surface area contributed by atoms with Crippen LogP contribution in [0.4, 0.5) is 0 Å². The zero-order chi connectivity index (χ0) is 40.7. The van der Waals surface area contributed by atoms with Gasteiger partial charge in [0.15, 0.2) is 43.0 Å². The molecule has 0 amide bonds. The van der Waals surface area contributed by atoms with E-state index in [2.05, 4.69) is 112 Å². The molecule has 25 heteroatoms. The first-order valence-electron chi connectivity index (χ1n) is 20.5. The molecule has 11 atom stereocenters. The Hall–Kier alpha value is 2.34. The molecule has 0 saturated carbocycles. The largest absolute Gasteiger partial charge is 0.441 e. The third-order valence-electron chi connectivity index (χ3n) is 9.86. The fourth-order valence-corrected chi connectivity index (χ4v) is 60.8. The Morgan fingerprint density at radius 2 is 1.09 bits per heavy atom. The molecule has 0 N–H and O–H groups in total. The highest BCUT2D eigenvalue weighted by molar-refractivity contribution is 6.91. The van der Waals surface area contributed by atoms with Crippen LogP contribution < -0.4 is 0 Å². The van der Waals surface area contributed by atoms with Gasteiger partial charge in [-0.15, -0.1) is 0 Å². The third-order valence-corrected chi connectivity index (χ3v) is 54.3. The Bertz CT molecular complexity index is 1100. The SMILES string of the molecule is CC1C[SiH](C)O[SiH](C)O[Si](CC[Si](C)(C)O[Si](C)(C)O[Si](C)(CC[Si]2(C)CC(C)O[SiH](C)O[SiH](C)O2)O[Si](C)(C)CC[Si]2OC(C)C[SiH](C)O[SiH](C)O2)O1. The molecule has 3 rings (SSSR count). The summed E-state index contributed by atoms with van der Waals surface area (Å²) in [6.07, 6.45) is 0.525. The van der Waals surface area contributed by atoms with Gasteiger partial charge in [0.25, 0.3) is 27.9 Å². The predicted molar refractivity (Wildman–Crippen MR) is 250 cm³/mol. The van der Waals surface area contributed by atoms with Crippen LogP contribution >= 0.6 is 0 Å². The van der Waals surface area contributed by atoms with Gasteiger partial charge in [-0.2, -0.15) is 0 Å². The molecule has 3 heterocycles. The maximum Gasteiger partial charge on any atom is 0.374 e. The minimum absolute atomic E-state index is 0.140. The van der Waals surface area contributed by atoms with Crippen LogP contribution in [0.2, 0.25) is 146 Å². The van der Waals surface area contributed by atoms with E-state index in [1.807, 2.05) is 0 Å². The Morgan fingerprint density at radius 3 is 1.59 bits per heavy atom. The summed E-state index contributed by atoms with van der Waals surface area (Å²) < 4.78 is 80.3. The lowest BCUT2D eigenvalue weighted by atomic mass is 10.5. The van der Waals surface area contributed by atoms with Crippen molar-refractivity contribution in [3.05, 3.63) is 0 Å². The average Bonchev–Trinajstić information content (AvgIpc) is 2.93. The van der Waals surface area contributed by atoms with E-state index in [1.165, 1.54) is 0 Å². The van der Waals surface area contributed by atoms with Gasteiger partial charge < -0.3 is 50.3 Å². The fraction of sp³-hybridized carbons (Fsp3) is 1.00. The second-order valence-electron chi connectivity index (χ2n) is 18.2. The van der Waals surface area contributed by atoms with Gasteiger partial charge in [-0.05, 0) is 167 Å². The third kappa shape index (κ3) is 19.4. The molecule has 0 spiro atoms. The first-order chi connectivity index (χ1) is 24.7. The predicted octanol–water partition coefficient (Wildman–Crippen LogP) is 6.24. The van der Waals surface area contributed by atoms with Crippen LogP contribution in [0.25, 0.3) is 0 Å². The number of rotatable bonds is 15. The molecule has 54 heavy (non-hydrogen) atoms. The highest BCUT2D eigenvalue weighted by Crippen LogP contribution is 2.36. The monoisotopic (exact) mass is 982 g/mol. The molecule has 0 aromatic carbocycles. The van der Waals surface area contributed by atoms with E-state index in [4.69, 9.17) is 50.3 Å². The second kappa shape index (κ2) is 21.9. The van der Waals surface area contributed by atoms with Crippen molar-refractivity contribution in [2.45, 2.75) is 185 Å². The van der Waals surface area contributed by atoms with E-state index in [0.717, 1.165) is 54.4 Å². The summed E-state index contributed by atoms with van der Waals surface area (Å²) in [7, 11) is -24.1. The van der Waals surface area contributed by atoms with Crippen LogP contribution in [0.15, 0.2) is 0 Å². The summed E-state index contributed by atoms with van der Waals surface area (Å²) in [6.45, 7) is 38.1. The van der Waals surface area contributed by atoms with Crippen molar-refractivity contribution in [1.29, 1.82) is 0 Å². The molecule has 12 nitrogen and oxygen atoms in total. The van der Waals surface area contributed by atoms with Crippen LogP contribution in [-0.4, -0.2) is 134 Å². The molecule has 0 aromatic rings. The summed E-state index contributed by atoms with van der Waals surface area (Å²) in [5.74, 6) is 0. The van der Waals surface area contributed by atoms with E-state index in [0.29, 0.717) is 0 Å². The molecular weight excluding hydrogens is 905 g/mol. The van der Waals surface area contributed by atoms with Crippen LogP contribution in [0, 0.1) is 0 Å². The van der Waals surface area contributed by atoms with Crippen LogP contribution in [0.1, 0.15) is 20.8 Å². The van der Waals surface area contributed by atoms with Gasteiger partial charge in [-0.3, -0.25) is 0 Å². The van der Waals surface area contributed by atoms with Crippen LogP contribution in [0.5, 0.6) is 0 Å². The van der Waals surface area contributed by atoms with Crippen molar-refractivity contribution in [2.75, 3.05) is 0 Å². The second-order valence-corrected chi connectivity index (χ2v) is 56.1. The van der Waals surface area contributed by atoms with Gasteiger partial charge in [-0.25, -0.2) is 0 Å². The fourth-order valence-electron chi connectivity index (χ4n) is 8.20. The average molecular weight is 984 g/mol. The van der Waals surface area contributed by atoms with Crippen molar-refractivity contribution in [1.82, 2.24) is 0 Å². The molecule has 11 unspecified atom stereocenters. The zero-order valence-electron chi connectivity index (χ0n) is 37.0. The van der Waals surface area contributed by atoms with Gasteiger partial charge in [-0.1, -0.05) is 0 Å². The van der Waals surface area contributed by atoms with Crippen LogP contribution in [0.3, 0.4) is 0 Å². The summed E-state index contributed by atoms with van der Waals surface area (Å²) in [5.41, 5.74) is 0. The van der Waals surface area contributed by atoms with Gasteiger partial charge in [0.05, 0.1) is 0 Å². The van der Waals surface area contributed by atoms with E-state index in [-0.39, 0.29) is 18.3 Å².